The third kappa shape index (κ3) is 5.49. The Balaban J connectivity index is 2.67. The van der Waals surface area contributed by atoms with Crippen LogP contribution in [-0.2, 0) is 11.2 Å². The van der Waals surface area contributed by atoms with Gasteiger partial charge in [0, 0.05) is 18.6 Å². The lowest BCUT2D eigenvalue weighted by Crippen LogP contribution is -2.28. The molecule has 0 fully saturated rings. The normalized spacial score (nSPS) is 12.4. The Labute approximate surface area is 130 Å². The molecular formula is C16H20ClN3O. The van der Waals surface area contributed by atoms with E-state index in [4.69, 9.17) is 16.9 Å². The van der Waals surface area contributed by atoms with Gasteiger partial charge >= 0.3 is 0 Å². The molecule has 0 heterocycles. The highest BCUT2D eigenvalue weighted by molar-refractivity contribution is 6.18. The van der Waals surface area contributed by atoms with Crippen molar-refractivity contribution in [3.8, 4) is 6.07 Å². The van der Waals surface area contributed by atoms with E-state index in [2.05, 4.69) is 17.6 Å². The molecule has 1 aromatic rings. The van der Waals surface area contributed by atoms with Crippen LogP contribution in [0.1, 0.15) is 31.0 Å². The summed E-state index contributed by atoms with van der Waals surface area (Å²) in [5, 5.41) is 14.6. The minimum atomic E-state index is -0.397. The summed E-state index contributed by atoms with van der Waals surface area (Å²) < 4.78 is 0. The number of halogens is 1. The Morgan fingerprint density at radius 1 is 1.43 bits per heavy atom. The molecular weight excluding hydrogens is 286 g/mol. The van der Waals surface area contributed by atoms with E-state index in [0.29, 0.717) is 12.4 Å². The van der Waals surface area contributed by atoms with Gasteiger partial charge < -0.3 is 10.6 Å². The van der Waals surface area contributed by atoms with Crippen molar-refractivity contribution in [3.63, 3.8) is 0 Å². The lowest BCUT2D eigenvalue weighted by Gasteiger charge is -2.14. The highest BCUT2D eigenvalue weighted by Crippen LogP contribution is 2.14. The monoisotopic (exact) mass is 305 g/mol. The van der Waals surface area contributed by atoms with Crippen LogP contribution >= 0.6 is 11.6 Å². The number of nitrogens with one attached hydrogen (secondary N) is 2. The highest BCUT2D eigenvalue weighted by Gasteiger charge is 2.13. The van der Waals surface area contributed by atoms with Crippen LogP contribution in [0.3, 0.4) is 0 Å². The second-order valence-corrected chi connectivity index (χ2v) is 4.98. The Morgan fingerprint density at radius 3 is 2.62 bits per heavy atom. The molecule has 0 radical (unpaired) electrons. The molecule has 4 nitrogen and oxygen atoms in total. The zero-order valence-corrected chi connectivity index (χ0v) is 13.1. The number of nitrogens with zero attached hydrogens (tertiary/aromatic N) is 1. The average Bonchev–Trinajstić information content (AvgIpc) is 2.51. The molecule has 0 aliphatic rings. The number of benzene rings is 1. The van der Waals surface area contributed by atoms with E-state index < -0.39 is 5.91 Å². The van der Waals surface area contributed by atoms with Crippen LogP contribution in [0.2, 0.25) is 0 Å². The Bertz CT molecular complexity index is 531. The summed E-state index contributed by atoms with van der Waals surface area (Å²) in [5.74, 6) is 0.0171. The summed E-state index contributed by atoms with van der Waals surface area (Å²) in [6, 6.07) is 9.79. The molecule has 0 saturated heterocycles. The first-order valence-electron chi connectivity index (χ1n) is 6.91. The number of hydrogen-bond acceptors (Lipinski definition) is 3. The molecule has 0 bridgehead atoms. The Hall–Kier alpha value is -1.99. The zero-order valence-electron chi connectivity index (χ0n) is 12.3. The van der Waals surface area contributed by atoms with Crippen LogP contribution in [-0.4, -0.2) is 18.3 Å². The number of amides is 1. The van der Waals surface area contributed by atoms with Gasteiger partial charge in [-0.05, 0) is 24.5 Å². The van der Waals surface area contributed by atoms with Gasteiger partial charge in [-0.15, -0.1) is 11.6 Å². The van der Waals surface area contributed by atoms with Gasteiger partial charge in [-0.25, -0.2) is 0 Å². The van der Waals surface area contributed by atoms with Crippen molar-refractivity contribution in [1.29, 1.82) is 5.26 Å². The highest BCUT2D eigenvalue weighted by atomic mass is 35.5. The van der Waals surface area contributed by atoms with E-state index in [1.54, 1.807) is 0 Å². The first-order valence-corrected chi connectivity index (χ1v) is 7.45. The maximum Gasteiger partial charge on any atom is 0.263 e. The summed E-state index contributed by atoms with van der Waals surface area (Å²) in [6.07, 6.45) is 2.37. The number of aryl methyl sites for hydroxylation is 1. The molecule has 1 atom stereocenters. The molecule has 0 spiro atoms. The largest absolute Gasteiger partial charge is 0.388 e. The van der Waals surface area contributed by atoms with E-state index in [0.717, 1.165) is 12.0 Å². The number of rotatable bonds is 7. The first kappa shape index (κ1) is 17.1. The van der Waals surface area contributed by atoms with E-state index >= 15 is 0 Å². The van der Waals surface area contributed by atoms with Gasteiger partial charge in [0.2, 0.25) is 0 Å². The summed E-state index contributed by atoms with van der Waals surface area (Å²) in [4.78, 5) is 12.0. The Kier molecular flexibility index (Phi) is 7.34. The predicted molar refractivity (Wildman–Crippen MR) is 84.8 cm³/mol. The fourth-order valence-electron chi connectivity index (χ4n) is 1.78. The topological polar surface area (TPSA) is 64.9 Å². The number of carbonyl (C=O) groups excluding carboxylic acids is 1. The molecule has 5 heteroatoms. The molecule has 1 aromatic carbocycles. The molecule has 0 saturated carbocycles. The van der Waals surface area contributed by atoms with Gasteiger partial charge in [-0.2, -0.15) is 5.26 Å². The van der Waals surface area contributed by atoms with E-state index in [-0.39, 0.29) is 11.6 Å². The number of nitriles is 1. The van der Waals surface area contributed by atoms with E-state index in [1.165, 1.54) is 11.8 Å². The summed E-state index contributed by atoms with van der Waals surface area (Å²) >= 11 is 5.52. The third-order valence-corrected chi connectivity index (χ3v) is 3.27. The molecule has 2 N–H and O–H groups in total. The molecule has 21 heavy (non-hydrogen) atoms. The van der Waals surface area contributed by atoms with Gasteiger partial charge in [0.05, 0.1) is 6.04 Å². The number of hydrogen-bond donors (Lipinski definition) is 2. The molecule has 1 amide bonds. The van der Waals surface area contributed by atoms with Gasteiger partial charge in [-0.3, -0.25) is 4.79 Å². The lowest BCUT2D eigenvalue weighted by molar-refractivity contribution is -0.117. The second-order valence-electron chi connectivity index (χ2n) is 4.60. The minimum Gasteiger partial charge on any atom is -0.388 e. The van der Waals surface area contributed by atoms with Crippen molar-refractivity contribution < 1.29 is 4.79 Å². The van der Waals surface area contributed by atoms with Gasteiger partial charge in [0.15, 0.2) is 0 Å². The van der Waals surface area contributed by atoms with Crippen molar-refractivity contribution >= 4 is 17.5 Å². The van der Waals surface area contributed by atoms with Crippen LogP contribution in [0.15, 0.2) is 36.0 Å². The number of alkyl halides is 1. The van der Waals surface area contributed by atoms with Crippen molar-refractivity contribution in [3.05, 3.63) is 47.2 Å². The predicted octanol–water partition coefficient (Wildman–Crippen LogP) is 2.66. The fourth-order valence-corrected chi connectivity index (χ4v) is 1.89. The lowest BCUT2D eigenvalue weighted by atomic mass is 10.0. The van der Waals surface area contributed by atoms with E-state index in [1.807, 2.05) is 37.3 Å². The van der Waals surface area contributed by atoms with Gasteiger partial charge in [0.25, 0.3) is 5.91 Å². The van der Waals surface area contributed by atoms with Crippen molar-refractivity contribution in [2.75, 3.05) is 12.4 Å². The molecule has 0 aromatic heterocycles. The third-order valence-electron chi connectivity index (χ3n) is 3.09. The van der Waals surface area contributed by atoms with Crippen LogP contribution in [0.4, 0.5) is 0 Å². The molecule has 0 aliphatic heterocycles. The summed E-state index contributed by atoms with van der Waals surface area (Å²) in [7, 11) is 0. The molecule has 0 aliphatic carbocycles. The molecule has 1 rings (SSSR count). The first-order chi connectivity index (χ1) is 10.1. The second kappa shape index (κ2) is 9.04. The van der Waals surface area contributed by atoms with E-state index in [9.17, 15) is 4.79 Å². The maximum absolute atomic E-state index is 12.0. The van der Waals surface area contributed by atoms with Crippen LogP contribution < -0.4 is 10.6 Å². The zero-order chi connectivity index (χ0) is 15.7. The minimum absolute atomic E-state index is 0.0390. The van der Waals surface area contributed by atoms with Crippen LogP contribution in [0.5, 0.6) is 0 Å². The van der Waals surface area contributed by atoms with Crippen LogP contribution in [0.25, 0.3) is 0 Å². The van der Waals surface area contributed by atoms with Gasteiger partial charge in [0.1, 0.15) is 11.6 Å². The Morgan fingerprint density at radius 2 is 2.10 bits per heavy atom. The molecule has 112 valence electrons. The van der Waals surface area contributed by atoms with Crippen LogP contribution in [0, 0.1) is 11.3 Å². The summed E-state index contributed by atoms with van der Waals surface area (Å²) in [5.41, 5.74) is 2.30. The molecule has 1 unspecified atom stereocenters. The van der Waals surface area contributed by atoms with Gasteiger partial charge in [-0.1, -0.05) is 31.2 Å². The standard InChI is InChI=1S/C16H20ClN3O/c1-3-13-4-6-14(7-5-13)12(2)20-16(21)15(10-18)11-19-9-8-17/h4-7,11-12,19H,3,8-9H2,1-2H3,(H,20,21)/b15-11-. The average molecular weight is 306 g/mol. The maximum atomic E-state index is 12.0. The SMILES string of the molecule is CCc1ccc(C(C)NC(=O)/C(C#N)=C\NCCCl)cc1. The fraction of sp³-hybridized carbons (Fsp3) is 0.375. The van der Waals surface area contributed by atoms with Crippen molar-refractivity contribution in [1.82, 2.24) is 10.6 Å². The quantitative estimate of drug-likeness (QED) is 0.352. The van der Waals surface area contributed by atoms with Crippen molar-refractivity contribution in [2.24, 2.45) is 0 Å². The number of carbonyl (C=O) groups is 1. The smallest absolute Gasteiger partial charge is 0.263 e. The van der Waals surface area contributed by atoms with Crippen molar-refractivity contribution in [2.45, 2.75) is 26.3 Å². The summed E-state index contributed by atoms with van der Waals surface area (Å²) in [6.45, 7) is 4.49.